The molecule has 0 spiro atoms. The van der Waals surface area contributed by atoms with E-state index in [2.05, 4.69) is 5.32 Å². The zero-order valence-corrected chi connectivity index (χ0v) is 20.9. The molecule has 0 bridgehead atoms. The van der Waals surface area contributed by atoms with Crippen LogP contribution in [0.3, 0.4) is 0 Å². The number of ether oxygens (including phenoxy) is 1. The molecular formula is C21H34N2O7S2. The number of amides is 1. The van der Waals surface area contributed by atoms with Crippen molar-refractivity contribution in [3.8, 4) is 5.75 Å². The summed E-state index contributed by atoms with van der Waals surface area (Å²) in [5, 5.41) is 13.3. The van der Waals surface area contributed by atoms with Crippen LogP contribution in [0, 0.1) is 11.8 Å². The number of hydrogen-bond acceptors (Lipinski definition) is 7. The molecule has 1 aliphatic rings. The van der Waals surface area contributed by atoms with E-state index in [4.69, 9.17) is 4.74 Å². The Bertz CT molecular complexity index is 1020. The molecule has 2 rings (SSSR count). The molecule has 11 heteroatoms. The average molecular weight is 491 g/mol. The third-order valence-corrected chi connectivity index (χ3v) is 8.14. The zero-order valence-electron chi connectivity index (χ0n) is 19.2. The lowest BCUT2D eigenvalue weighted by atomic mass is 10.1. The van der Waals surface area contributed by atoms with Gasteiger partial charge in [0.15, 0.2) is 0 Å². The second-order valence-electron chi connectivity index (χ2n) is 8.94. The molecule has 182 valence electrons. The predicted octanol–water partition coefficient (Wildman–Crippen LogP) is 0.815. The maximum absolute atomic E-state index is 13.3. The molecule has 1 heterocycles. The van der Waals surface area contributed by atoms with E-state index in [1.165, 1.54) is 17.3 Å². The molecule has 2 N–H and O–H groups in total. The predicted molar refractivity (Wildman–Crippen MR) is 122 cm³/mol. The van der Waals surface area contributed by atoms with Gasteiger partial charge in [0.1, 0.15) is 15.6 Å². The summed E-state index contributed by atoms with van der Waals surface area (Å²) in [7, 11) is -7.22. The normalized spacial score (nSPS) is 17.0. The van der Waals surface area contributed by atoms with E-state index in [-0.39, 0.29) is 29.7 Å². The SMILES string of the molecule is CC(C)CN(C[C@@H](O)[C@H](C)NC(=O)[C@H](C)CS(C)(=O)=O)S(=O)(=O)c1ccc2c(c1)CCO2. The van der Waals surface area contributed by atoms with Gasteiger partial charge in [0, 0.05) is 31.7 Å². The van der Waals surface area contributed by atoms with Gasteiger partial charge in [0.25, 0.3) is 0 Å². The van der Waals surface area contributed by atoms with Crippen LogP contribution < -0.4 is 10.1 Å². The number of nitrogens with zero attached hydrogens (tertiary/aromatic N) is 1. The number of sulfonamides is 1. The third-order valence-electron chi connectivity index (χ3n) is 5.21. The fourth-order valence-corrected chi connectivity index (χ4v) is 6.24. The Morgan fingerprint density at radius 2 is 1.81 bits per heavy atom. The topological polar surface area (TPSA) is 130 Å². The van der Waals surface area contributed by atoms with E-state index in [0.717, 1.165) is 11.8 Å². The van der Waals surface area contributed by atoms with Gasteiger partial charge in [-0.15, -0.1) is 0 Å². The highest BCUT2D eigenvalue weighted by Crippen LogP contribution is 2.29. The largest absolute Gasteiger partial charge is 0.493 e. The van der Waals surface area contributed by atoms with Gasteiger partial charge < -0.3 is 15.2 Å². The first-order valence-corrected chi connectivity index (χ1v) is 14.1. The van der Waals surface area contributed by atoms with Gasteiger partial charge in [-0.3, -0.25) is 4.79 Å². The Morgan fingerprint density at radius 1 is 1.16 bits per heavy atom. The van der Waals surface area contributed by atoms with Crippen molar-refractivity contribution in [2.24, 2.45) is 11.8 Å². The monoisotopic (exact) mass is 490 g/mol. The average Bonchev–Trinajstić information content (AvgIpc) is 3.13. The summed E-state index contributed by atoms with van der Waals surface area (Å²) >= 11 is 0. The van der Waals surface area contributed by atoms with Gasteiger partial charge in [-0.1, -0.05) is 20.8 Å². The molecule has 0 saturated heterocycles. The number of sulfone groups is 1. The van der Waals surface area contributed by atoms with Crippen molar-refractivity contribution in [2.75, 3.05) is 31.7 Å². The second kappa shape index (κ2) is 10.5. The van der Waals surface area contributed by atoms with Gasteiger partial charge in [-0.05, 0) is 36.6 Å². The Labute approximate surface area is 191 Å². The molecule has 1 aromatic carbocycles. The fourth-order valence-electron chi connectivity index (χ4n) is 3.51. The molecule has 0 aliphatic carbocycles. The van der Waals surface area contributed by atoms with Crippen molar-refractivity contribution in [3.05, 3.63) is 23.8 Å². The number of fused-ring (bicyclic) bond motifs is 1. The summed E-state index contributed by atoms with van der Waals surface area (Å²) in [5.41, 5.74) is 0.830. The van der Waals surface area contributed by atoms with E-state index in [0.29, 0.717) is 18.8 Å². The number of aliphatic hydroxyl groups is 1. The number of nitrogens with one attached hydrogen (secondary N) is 1. The van der Waals surface area contributed by atoms with E-state index >= 15 is 0 Å². The summed E-state index contributed by atoms with van der Waals surface area (Å²) in [6.45, 7) is 7.30. The Morgan fingerprint density at radius 3 is 2.41 bits per heavy atom. The molecule has 1 aliphatic heterocycles. The smallest absolute Gasteiger partial charge is 0.243 e. The first-order valence-electron chi connectivity index (χ1n) is 10.6. The molecule has 0 fully saturated rings. The van der Waals surface area contributed by atoms with Crippen molar-refractivity contribution < 1.29 is 31.5 Å². The van der Waals surface area contributed by atoms with Gasteiger partial charge in [0.2, 0.25) is 15.9 Å². The zero-order chi connectivity index (χ0) is 24.3. The van der Waals surface area contributed by atoms with Gasteiger partial charge in [-0.2, -0.15) is 4.31 Å². The van der Waals surface area contributed by atoms with Crippen LogP contribution in [0.2, 0.25) is 0 Å². The number of carbonyl (C=O) groups is 1. The molecule has 0 aromatic heterocycles. The number of aliphatic hydroxyl groups excluding tert-OH is 1. The lowest BCUT2D eigenvalue weighted by Gasteiger charge is -2.29. The number of rotatable bonds is 11. The van der Waals surface area contributed by atoms with Crippen molar-refractivity contribution >= 4 is 25.8 Å². The minimum Gasteiger partial charge on any atom is -0.493 e. The summed E-state index contributed by atoms with van der Waals surface area (Å²) in [6, 6.07) is 3.97. The van der Waals surface area contributed by atoms with Crippen LogP contribution in [0.1, 0.15) is 33.3 Å². The first-order chi connectivity index (χ1) is 14.7. The lowest BCUT2D eigenvalue weighted by molar-refractivity contribution is -0.125. The first kappa shape index (κ1) is 26.6. The Hall–Kier alpha value is -1.69. The van der Waals surface area contributed by atoms with E-state index in [1.54, 1.807) is 19.1 Å². The third kappa shape index (κ3) is 7.16. The molecule has 0 saturated carbocycles. The highest BCUT2D eigenvalue weighted by molar-refractivity contribution is 7.90. The van der Waals surface area contributed by atoms with Crippen molar-refractivity contribution in [1.29, 1.82) is 0 Å². The van der Waals surface area contributed by atoms with Crippen LogP contribution in [0.4, 0.5) is 0 Å². The molecule has 32 heavy (non-hydrogen) atoms. The van der Waals surface area contributed by atoms with Gasteiger partial charge in [-0.25, -0.2) is 16.8 Å². The van der Waals surface area contributed by atoms with Gasteiger partial charge >= 0.3 is 0 Å². The van der Waals surface area contributed by atoms with Crippen LogP contribution in [0.25, 0.3) is 0 Å². The highest BCUT2D eigenvalue weighted by atomic mass is 32.2. The lowest BCUT2D eigenvalue weighted by Crippen LogP contribution is -2.50. The molecular weight excluding hydrogens is 456 g/mol. The van der Waals surface area contributed by atoms with Crippen LogP contribution in [-0.2, 0) is 31.1 Å². The molecule has 0 radical (unpaired) electrons. The number of carbonyl (C=O) groups excluding carboxylic acids is 1. The van der Waals surface area contributed by atoms with Crippen LogP contribution in [-0.4, -0.2) is 76.0 Å². The second-order valence-corrected chi connectivity index (χ2v) is 13.1. The summed E-state index contributed by atoms with van der Waals surface area (Å²) in [6.07, 6.45) is 0.505. The van der Waals surface area contributed by atoms with Gasteiger partial charge in [0.05, 0.1) is 29.4 Å². The van der Waals surface area contributed by atoms with Crippen molar-refractivity contribution in [1.82, 2.24) is 9.62 Å². The molecule has 1 aromatic rings. The maximum Gasteiger partial charge on any atom is 0.243 e. The van der Waals surface area contributed by atoms with Crippen molar-refractivity contribution in [3.63, 3.8) is 0 Å². The minimum absolute atomic E-state index is 0.00872. The van der Waals surface area contributed by atoms with Crippen LogP contribution >= 0.6 is 0 Å². The molecule has 1 amide bonds. The van der Waals surface area contributed by atoms with E-state index in [9.17, 15) is 26.7 Å². The summed E-state index contributed by atoms with van der Waals surface area (Å²) in [4.78, 5) is 12.4. The quantitative estimate of drug-likeness (QED) is 0.469. The fraction of sp³-hybridized carbons (Fsp3) is 0.667. The summed E-state index contributed by atoms with van der Waals surface area (Å²) < 4.78 is 56.2. The molecule has 9 nitrogen and oxygen atoms in total. The van der Waals surface area contributed by atoms with Crippen molar-refractivity contribution in [2.45, 2.75) is 51.2 Å². The number of hydrogen-bond donors (Lipinski definition) is 2. The standard InChI is InChI=1S/C21H34N2O7S2/c1-14(2)11-23(32(28,29)18-6-7-20-17(10-18)8-9-30-20)12-19(24)16(4)22-21(25)15(3)13-31(5,26)27/h6-7,10,14-16,19,24H,8-9,11-13H2,1-5H3,(H,22,25)/t15-,16+,19-/m1/s1. The highest BCUT2D eigenvalue weighted by Gasteiger charge is 2.31. The molecule has 3 atom stereocenters. The van der Waals surface area contributed by atoms with Crippen LogP contribution in [0.15, 0.2) is 23.1 Å². The van der Waals surface area contributed by atoms with E-state index in [1.807, 2.05) is 13.8 Å². The Kier molecular flexibility index (Phi) is 8.71. The van der Waals surface area contributed by atoms with E-state index < -0.39 is 43.8 Å². The maximum atomic E-state index is 13.3. The Balaban J connectivity index is 2.14. The number of benzene rings is 1. The van der Waals surface area contributed by atoms with Crippen LogP contribution in [0.5, 0.6) is 5.75 Å². The minimum atomic E-state index is -3.89. The summed E-state index contributed by atoms with van der Waals surface area (Å²) in [5.74, 6) is -0.923. The molecule has 0 unspecified atom stereocenters.